The Morgan fingerprint density at radius 3 is 2.61 bits per heavy atom. The molecule has 1 heterocycles. The number of hydrogen-bond acceptors (Lipinski definition) is 4. The molecule has 1 aromatic carbocycles. The second kappa shape index (κ2) is 5.73. The average molecular weight is 246 g/mol. The van der Waals surface area contributed by atoms with Crippen molar-refractivity contribution in [1.29, 1.82) is 0 Å². The van der Waals surface area contributed by atoms with Gasteiger partial charge in [0.25, 0.3) is 0 Å². The van der Waals surface area contributed by atoms with Crippen molar-refractivity contribution in [2.24, 2.45) is 5.92 Å². The zero-order valence-corrected chi connectivity index (χ0v) is 10.7. The zero-order chi connectivity index (χ0) is 13.0. The van der Waals surface area contributed by atoms with E-state index in [-0.39, 0.29) is 0 Å². The molecule has 18 heavy (non-hydrogen) atoms. The van der Waals surface area contributed by atoms with Crippen LogP contribution in [0.5, 0.6) is 0 Å². The first-order valence-electron chi connectivity index (χ1n) is 6.17. The molecule has 96 valence electrons. The monoisotopic (exact) mass is 246 g/mol. The first-order valence-corrected chi connectivity index (χ1v) is 6.17. The van der Waals surface area contributed by atoms with Gasteiger partial charge in [0.1, 0.15) is 0 Å². The highest BCUT2D eigenvalue weighted by molar-refractivity contribution is 5.30. The van der Waals surface area contributed by atoms with Crippen LogP contribution >= 0.6 is 0 Å². The molecule has 0 aliphatic heterocycles. The van der Waals surface area contributed by atoms with Gasteiger partial charge in [0.05, 0.1) is 11.8 Å². The van der Waals surface area contributed by atoms with Crippen LogP contribution in [-0.4, -0.2) is 31.4 Å². The fourth-order valence-electron chi connectivity index (χ4n) is 1.94. The van der Waals surface area contributed by atoms with E-state index < -0.39 is 6.10 Å². The summed E-state index contributed by atoms with van der Waals surface area (Å²) in [6, 6.07) is 9.70. The van der Waals surface area contributed by atoms with Crippen molar-refractivity contribution in [3.8, 4) is 5.69 Å². The molecule has 1 aromatic heterocycles. The molecule has 2 rings (SSSR count). The van der Waals surface area contributed by atoms with Gasteiger partial charge in [-0.1, -0.05) is 32.0 Å². The molecule has 0 aliphatic carbocycles. The van der Waals surface area contributed by atoms with Crippen LogP contribution in [0.4, 0.5) is 0 Å². The zero-order valence-electron chi connectivity index (χ0n) is 10.7. The van der Waals surface area contributed by atoms with E-state index in [1.807, 2.05) is 30.3 Å². The molecular formula is C13H18N4O. The Balaban J connectivity index is 2.14. The Labute approximate surface area is 106 Å². The van der Waals surface area contributed by atoms with Crippen LogP contribution in [0.25, 0.3) is 5.69 Å². The Morgan fingerprint density at radius 2 is 1.94 bits per heavy atom. The SMILES string of the molecule is CC(C)CC(O)Cc1nnnn1-c1ccccc1. The van der Waals surface area contributed by atoms with Crippen LogP contribution < -0.4 is 0 Å². The van der Waals surface area contributed by atoms with Crippen LogP contribution in [0.15, 0.2) is 30.3 Å². The van der Waals surface area contributed by atoms with Crippen LogP contribution in [0.1, 0.15) is 26.1 Å². The minimum Gasteiger partial charge on any atom is -0.393 e. The number of tetrazole rings is 1. The van der Waals surface area contributed by atoms with Crippen LogP contribution in [0.2, 0.25) is 0 Å². The van der Waals surface area contributed by atoms with E-state index in [2.05, 4.69) is 29.4 Å². The summed E-state index contributed by atoms with van der Waals surface area (Å²) in [4.78, 5) is 0. The Kier molecular flexibility index (Phi) is 4.04. The second-order valence-corrected chi connectivity index (χ2v) is 4.83. The maximum absolute atomic E-state index is 9.95. The summed E-state index contributed by atoms with van der Waals surface area (Å²) in [6.45, 7) is 4.17. The number of hydrogen-bond donors (Lipinski definition) is 1. The molecule has 0 aliphatic rings. The third-order valence-electron chi connectivity index (χ3n) is 2.70. The molecule has 0 saturated heterocycles. The molecular weight excluding hydrogens is 228 g/mol. The number of aliphatic hydroxyl groups is 1. The fourth-order valence-corrected chi connectivity index (χ4v) is 1.94. The normalized spacial score (nSPS) is 12.9. The summed E-state index contributed by atoms with van der Waals surface area (Å²) in [5.74, 6) is 1.15. The fraction of sp³-hybridized carbons (Fsp3) is 0.462. The smallest absolute Gasteiger partial charge is 0.159 e. The quantitative estimate of drug-likeness (QED) is 0.870. The highest BCUT2D eigenvalue weighted by atomic mass is 16.3. The molecule has 0 radical (unpaired) electrons. The first-order chi connectivity index (χ1) is 8.66. The highest BCUT2D eigenvalue weighted by Gasteiger charge is 2.14. The lowest BCUT2D eigenvalue weighted by Gasteiger charge is -2.12. The summed E-state index contributed by atoms with van der Waals surface area (Å²) < 4.78 is 1.67. The minimum atomic E-state index is -0.404. The maximum atomic E-state index is 9.95. The summed E-state index contributed by atoms with van der Waals surface area (Å²) in [6.07, 6.45) is 0.820. The van der Waals surface area contributed by atoms with Gasteiger partial charge in [-0.25, -0.2) is 0 Å². The van der Waals surface area contributed by atoms with Gasteiger partial charge in [0, 0.05) is 6.42 Å². The first kappa shape index (κ1) is 12.7. The molecule has 0 spiro atoms. The third kappa shape index (κ3) is 3.13. The molecule has 0 saturated carbocycles. The standard InChI is InChI=1S/C13H18N4O/c1-10(2)8-12(18)9-13-14-15-16-17(13)11-6-4-3-5-7-11/h3-7,10,12,18H,8-9H2,1-2H3. The predicted molar refractivity (Wildman–Crippen MR) is 68.3 cm³/mol. The Bertz CT molecular complexity index is 481. The third-order valence-corrected chi connectivity index (χ3v) is 2.70. The van der Waals surface area contributed by atoms with Gasteiger partial charge in [-0.15, -0.1) is 5.10 Å². The van der Waals surface area contributed by atoms with Crippen molar-refractivity contribution >= 4 is 0 Å². The summed E-state index contributed by atoms with van der Waals surface area (Å²) in [5.41, 5.74) is 0.911. The van der Waals surface area contributed by atoms with Gasteiger partial charge in [0.15, 0.2) is 5.82 Å². The van der Waals surface area contributed by atoms with Gasteiger partial charge in [0.2, 0.25) is 0 Å². The van der Waals surface area contributed by atoms with Crippen molar-refractivity contribution < 1.29 is 5.11 Å². The largest absolute Gasteiger partial charge is 0.393 e. The molecule has 1 N–H and O–H groups in total. The molecule has 1 unspecified atom stereocenters. The number of rotatable bonds is 5. The van der Waals surface area contributed by atoms with E-state index >= 15 is 0 Å². The van der Waals surface area contributed by atoms with E-state index in [9.17, 15) is 5.11 Å². The molecule has 2 aromatic rings. The Hall–Kier alpha value is -1.75. The summed E-state index contributed by atoms with van der Waals surface area (Å²) in [7, 11) is 0. The van der Waals surface area contributed by atoms with Crippen molar-refractivity contribution in [2.45, 2.75) is 32.8 Å². The van der Waals surface area contributed by atoms with Crippen molar-refractivity contribution in [3.05, 3.63) is 36.2 Å². The lowest BCUT2D eigenvalue weighted by atomic mass is 10.0. The van der Waals surface area contributed by atoms with E-state index in [0.717, 1.165) is 12.1 Å². The molecule has 5 nitrogen and oxygen atoms in total. The van der Waals surface area contributed by atoms with Crippen LogP contribution in [0.3, 0.4) is 0 Å². The van der Waals surface area contributed by atoms with E-state index in [4.69, 9.17) is 0 Å². The van der Waals surface area contributed by atoms with E-state index in [0.29, 0.717) is 18.2 Å². The van der Waals surface area contributed by atoms with Crippen molar-refractivity contribution in [1.82, 2.24) is 20.2 Å². The van der Waals surface area contributed by atoms with Crippen molar-refractivity contribution in [2.75, 3.05) is 0 Å². The minimum absolute atomic E-state index is 0.404. The average Bonchev–Trinajstić information content (AvgIpc) is 2.77. The predicted octanol–water partition coefficient (Wildman–Crippen LogP) is 1.61. The Morgan fingerprint density at radius 1 is 1.22 bits per heavy atom. The van der Waals surface area contributed by atoms with E-state index in [1.165, 1.54) is 0 Å². The van der Waals surface area contributed by atoms with Crippen LogP contribution in [0, 0.1) is 5.92 Å². The highest BCUT2D eigenvalue weighted by Crippen LogP contribution is 2.12. The molecule has 0 fully saturated rings. The maximum Gasteiger partial charge on any atom is 0.159 e. The van der Waals surface area contributed by atoms with Gasteiger partial charge in [-0.05, 0) is 34.9 Å². The number of aromatic nitrogens is 4. The molecule has 0 bridgehead atoms. The summed E-state index contributed by atoms with van der Waals surface area (Å²) in [5, 5.41) is 21.6. The lowest BCUT2D eigenvalue weighted by molar-refractivity contribution is 0.146. The van der Waals surface area contributed by atoms with Crippen molar-refractivity contribution in [3.63, 3.8) is 0 Å². The van der Waals surface area contributed by atoms with E-state index in [1.54, 1.807) is 4.68 Å². The van der Waals surface area contributed by atoms with Gasteiger partial charge in [-0.2, -0.15) is 4.68 Å². The number of benzene rings is 1. The second-order valence-electron chi connectivity index (χ2n) is 4.83. The number of para-hydroxylation sites is 1. The molecule has 5 heteroatoms. The van der Waals surface area contributed by atoms with Gasteiger partial charge < -0.3 is 5.11 Å². The number of aliphatic hydroxyl groups excluding tert-OH is 1. The topological polar surface area (TPSA) is 63.8 Å². The lowest BCUT2D eigenvalue weighted by Crippen LogP contribution is -2.16. The summed E-state index contributed by atoms with van der Waals surface area (Å²) >= 11 is 0. The van der Waals surface area contributed by atoms with Gasteiger partial charge in [-0.3, -0.25) is 0 Å². The number of nitrogens with zero attached hydrogens (tertiary/aromatic N) is 4. The molecule has 0 amide bonds. The molecule has 1 atom stereocenters. The van der Waals surface area contributed by atoms with Gasteiger partial charge >= 0.3 is 0 Å². The van der Waals surface area contributed by atoms with Crippen LogP contribution in [-0.2, 0) is 6.42 Å².